The van der Waals surface area contributed by atoms with Crippen LogP contribution in [0.25, 0.3) is 0 Å². The Hall–Kier alpha value is -2.55. The minimum atomic E-state index is -4.65. The van der Waals surface area contributed by atoms with E-state index in [1.807, 2.05) is 0 Å². The minimum Gasteiger partial charge on any atom is -0.444 e. The van der Waals surface area contributed by atoms with E-state index >= 15 is 0 Å². The van der Waals surface area contributed by atoms with E-state index < -0.39 is 35.1 Å². The first-order valence-corrected chi connectivity index (χ1v) is 9.97. The number of hydrogen-bond acceptors (Lipinski definition) is 4. The number of aromatic nitrogens is 1. The number of carbonyl (C=O) groups excluding carboxylic acids is 1. The molecule has 1 aliphatic heterocycles. The lowest BCUT2D eigenvalue weighted by Gasteiger charge is -2.31. The quantitative estimate of drug-likeness (QED) is 0.589. The molecule has 2 heterocycles. The van der Waals surface area contributed by atoms with Crippen molar-refractivity contribution in [1.29, 1.82) is 0 Å². The molecule has 1 aromatic carbocycles. The number of fused-ring (bicyclic) bond motifs is 1. The van der Waals surface area contributed by atoms with Crippen molar-refractivity contribution in [3.05, 3.63) is 57.5 Å². The Labute approximate surface area is 182 Å². The van der Waals surface area contributed by atoms with Gasteiger partial charge in [0, 0.05) is 23.7 Å². The van der Waals surface area contributed by atoms with E-state index in [0.29, 0.717) is 11.3 Å². The summed E-state index contributed by atoms with van der Waals surface area (Å²) in [5.41, 5.74) is -0.737. The van der Waals surface area contributed by atoms with Crippen molar-refractivity contribution >= 4 is 23.5 Å². The second-order valence-corrected chi connectivity index (χ2v) is 8.67. The zero-order chi connectivity index (χ0) is 23.0. The highest BCUT2D eigenvalue weighted by atomic mass is 35.5. The molecule has 0 atom stereocenters. The van der Waals surface area contributed by atoms with Gasteiger partial charge < -0.3 is 15.0 Å². The maximum atomic E-state index is 14.0. The van der Waals surface area contributed by atoms with E-state index in [-0.39, 0.29) is 36.6 Å². The van der Waals surface area contributed by atoms with Crippen molar-refractivity contribution in [1.82, 2.24) is 9.88 Å². The summed E-state index contributed by atoms with van der Waals surface area (Å²) in [5.74, 6) is -1.06. The minimum absolute atomic E-state index is 0.0202. The van der Waals surface area contributed by atoms with E-state index in [1.54, 1.807) is 20.8 Å². The first-order valence-electron chi connectivity index (χ1n) is 9.59. The summed E-state index contributed by atoms with van der Waals surface area (Å²) in [7, 11) is 0. The van der Waals surface area contributed by atoms with Crippen molar-refractivity contribution in [2.45, 2.75) is 52.1 Å². The van der Waals surface area contributed by atoms with Crippen LogP contribution in [0.3, 0.4) is 0 Å². The molecule has 3 rings (SSSR count). The van der Waals surface area contributed by atoms with Gasteiger partial charge in [-0.05, 0) is 51.0 Å². The lowest BCUT2D eigenvalue weighted by Crippen LogP contribution is -2.40. The lowest BCUT2D eigenvalue weighted by molar-refractivity contribution is -0.137. The molecule has 0 bridgehead atoms. The van der Waals surface area contributed by atoms with Crippen LogP contribution in [0.1, 0.15) is 43.2 Å². The highest BCUT2D eigenvalue weighted by molar-refractivity contribution is 6.30. The third-order valence-electron chi connectivity index (χ3n) is 4.60. The third-order valence-corrected chi connectivity index (χ3v) is 4.84. The molecule has 1 amide bonds. The zero-order valence-electron chi connectivity index (χ0n) is 17.2. The van der Waals surface area contributed by atoms with Crippen LogP contribution in [0.15, 0.2) is 24.3 Å². The number of benzene rings is 1. The molecular weight excluding hydrogens is 438 g/mol. The molecule has 0 spiro atoms. The Balaban J connectivity index is 1.87. The van der Waals surface area contributed by atoms with Gasteiger partial charge in [0.1, 0.15) is 17.2 Å². The fourth-order valence-electron chi connectivity index (χ4n) is 3.14. The molecule has 1 aliphatic rings. The first kappa shape index (κ1) is 23.1. The van der Waals surface area contributed by atoms with Crippen LogP contribution in [0.4, 0.5) is 28.2 Å². The van der Waals surface area contributed by atoms with Gasteiger partial charge in [-0.25, -0.2) is 14.2 Å². The number of pyridine rings is 1. The van der Waals surface area contributed by atoms with E-state index in [2.05, 4.69) is 10.3 Å². The van der Waals surface area contributed by atoms with Gasteiger partial charge in [-0.15, -0.1) is 0 Å². The molecule has 31 heavy (non-hydrogen) atoms. The van der Waals surface area contributed by atoms with Crippen LogP contribution in [0, 0.1) is 5.82 Å². The zero-order valence-corrected chi connectivity index (χ0v) is 18.0. The third kappa shape index (κ3) is 5.78. The summed E-state index contributed by atoms with van der Waals surface area (Å²) >= 11 is 5.71. The Morgan fingerprint density at radius 3 is 2.58 bits per heavy atom. The van der Waals surface area contributed by atoms with Crippen LogP contribution in [-0.4, -0.2) is 28.1 Å². The summed E-state index contributed by atoms with van der Waals surface area (Å²) in [6.07, 6.45) is -4.99. The van der Waals surface area contributed by atoms with E-state index in [4.69, 9.17) is 16.3 Å². The number of amides is 1. The molecule has 1 N–H and O–H groups in total. The summed E-state index contributed by atoms with van der Waals surface area (Å²) < 4.78 is 60.2. The van der Waals surface area contributed by atoms with Crippen molar-refractivity contribution in [3.8, 4) is 0 Å². The number of nitrogens with zero attached hydrogens (tertiary/aromatic N) is 2. The molecular formula is C21H22ClF4N3O2. The van der Waals surface area contributed by atoms with Gasteiger partial charge in [0.15, 0.2) is 0 Å². The maximum absolute atomic E-state index is 14.0. The smallest absolute Gasteiger partial charge is 0.419 e. The molecule has 5 nitrogen and oxygen atoms in total. The Morgan fingerprint density at radius 2 is 1.97 bits per heavy atom. The Morgan fingerprint density at radius 1 is 1.26 bits per heavy atom. The van der Waals surface area contributed by atoms with Gasteiger partial charge in [0.2, 0.25) is 0 Å². The fraction of sp³-hybridized carbons (Fsp3) is 0.429. The van der Waals surface area contributed by atoms with Gasteiger partial charge in [0.05, 0.1) is 17.8 Å². The van der Waals surface area contributed by atoms with Crippen molar-refractivity contribution in [3.63, 3.8) is 0 Å². The maximum Gasteiger partial charge on any atom is 0.419 e. The number of ether oxygens (including phenoxy) is 1. The number of nitrogens with one attached hydrogen (secondary N) is 1. The highest BCUT2D eigenvalue weighted by Crippen LogP contribution is 2.36. The number of rotatable bonds is 3. The predicted molar refractivity (Wildman–Crippen MR) is 108 cm³/mol. The molecule has 0 fully saturated rings. The Bertz CT molecular complexity index is 990. The molecule has 168 valence electrons. The number of halogens is 5. The van der Waals surface area contributed by atoms with E-state index in [1.165, 1.54) is 17.0 Å². The molecule has 0 saturated heterocycles. The second kappa shape index (κ2) is 8.53. The van der Waals surface area contributed by atoms with E-state index in [9.17, 15) is 22.4 Å². The van der Waals surface area contributed by atoms with Crippen LogP contribution < -0.4 is 5.32 Å². The molecule has 1 aromatic heterocycles. The van der Waals surface area contributed by atoms with Crippen molar-refractivity contribution in [2.75, 3.05) is 11.9 Å². The number of anilines is 1. The molecule has 0 saturated carbocycles. The second-order valence-electron chi connectivity index (χ2n) is 8.23. The van der Waals surface area contributed by atoms with Gasteiger partial charge in [-0.3, -0.25) is 0 Å². The van der Waals surface area contributed by atoms with Crippen molar-refractivity contribution in [2.24, 2.45) is 0 Å². The van der Waals surface area contributed by atoms with Gasteiger partial charge in [0.25, 0.3) is 0 Å². The lowest BCUT2D eigenvalue weighted by atomic mass is 10.0. The molecule has 2 aromatic rings. The van der Waals surface area contributed by atoms with Gasteiger partial charge in [-0.2, -0.15) is 13.2 Å². The normalized spacial score (nSPS) is 14.3. The molecule has 0 unspecified atom stereocenters. The SMILES string of the molecule is CC(C)(C)OC(=O)N1CCc2cc(C(F)(F)F)c(NCc3ccc(Cl)cc3F)nc2C1. The van der Waals surface area contributed by atoms with Crippen LogP contribution in [0.5, 0.6) is 0 Å². The summed E-state index contributed by atoms with van der Waals surface area (Å²) in [6.45, 7) is 5.22. The average molecular weight is 460 g/mol. The van der Waals surface area contributed by atoms with Gasteiger partial charge >= 0.3 is 12.3 Å². The van der Waals surface area contributed by atoms with Crippen LogP contribution >= 0.6 is 11.6 Å². The number of alkyl halides is 3. The summed E-state index contributed by atoms with van der Waals surface area (Å²) in [4.78, 5) is 17.9. The Kier molecular flexibility index (Phi) is 6.36. The fourth-order valence-corrected chi connectivity index (χ4v) is 3.30. The van der Waals surface area contributed by atoms with E-state index in [0.717, 1.165) is 12.1 Å². The summed E-state index contributed by atoms with van der Waals surface area (Å²) in [5, 5.41) is 2.77. The van der Waals surface area contributed by atoms with Crippen LogP contribution in [0.2, 0.25) is 5.02 Å². The highest BCUT2D eigenvalue weighted by Gasteiger charge is 2.37. The van der Waals surface area contributed by atoms with Crippen molar-refractivity contribution < 1.29 is 27.1 Å². The topological polar surface area (TPSA) is 54.5 Å². The van der Waals surface area contributed by atoms with Crippen LogP contribution in [-0.2, 0) is 30.4 Å². The molecule has 0 radical (unpaired) electrons. The monoisotopic (exact) mass is 459 g/mol. The molecule has 10 heteroatoms. The predicted octanol–water partition coefficient (Wildman–Crippen LogP) is 5.80. The molecule has 0 aliphatic carbocycles. The number of carbonyl (C=O) groups is 1. The average Bonchev–Trinajstić information content (AvgIpc) is 2.64. The summed E-state index contributed by atoms with van der Waals surface area (Å²) in [6, 6.07) is 4.96. The largest absolute Gasteiger partial charge is 0.444 e. The van der Waals surface area contributed by atoms with Gasteiger partial charge in [-0.1, -0.05) is 17.7 Å². The first-order chi connectivity index (χ1) is 14.3. The number of hydrogen-bond donors (Lipinski definition) is 1. The standard InChI is InChI=1S/C21H22ClF4N3O2/c1-20(2,3)31-19(30)29-7-6-12-8-15(21(24,25)26)18(28-17(12)11-29)27-10-13-4-5-14(22)9-16(13)23/h4-5,8-9H,6-7,10-11H2,1-3H3,(H,27,28).